The second kappa shape index (κ2) is 32.0. The van der Waals surface area contributed by atoms with E-state index in [1.165, 1.54) is 57.8 Å². The SMILES string of the molecule is CCCC/C=C/CCCCCCCCCCCC(=O)OC[C@H](CO[C@@H]1O[C@H](CO[C@@H]2O[C@H](CO)[C@H](O)C(O)C2O)[C@H](O)C(O)C1O)OC(=O)CCCCCCCCC. The van der Waals surface area contributed by atoms with E-state index < -0.39 is 92.7 Å². The molecule has 0 aromatic carbocycles. The molecule has 11 atom stereocenters. The molecule has 0 spiro atoms. The minimum absolute atomic E-state index is 0.166. The Morgan fingerprint density at radius 1 is 0.534 bits per heavy atom. The fourth-order valence-corrected chi connectivity index (χ4v) is 6.96. The van der Waals surface area contributed by atoms with Gasteiger partial charge >= 0.3 is 11.9 Å². The van der Waals surface area contributed by atoms with Crippen LogP contribution in [0.4, 0.5) is 0 Å². The zero-order valence-electron chi connectivity index (χ0n) is 35.3. The number of esters is 2. The average molecular weight is 835 g/mol. The molecule has 15 heteroatoms. The largest absolute Gasteiger partial charge is 0.462 e. The number of allylic oxidation sites excluding steroid dienone is 2. The molecule has 0 radical (unpaired) electrons. The molecule has 58 heavy (non-hydrogen) atoms. The van der Waals surface area contributed by atoms with Crippen LogP contribution < -0.4 is 0 Å². The van der Waals surface area contributed by atoms with Crippen molar-refractivity contribution < 1.29 is 73.8 Å². The van der Waals surface area contributed by atoms with Crippen molar-refractivity contribution in [3.8, 4) is 0 Å². The van der Waals surface area contributed by atoms with Crippen molar-refractivity contribution in [2.75, 3.05) is 26.4 Å². The number of ether oxygens (including phenoxy) is 6. The highest BCUT2D eigenvalue weighted by molar-refractivity contribution is 5.70. The molecule has 15 nitrogen and oxygen atoms in total. The van der Waals surface area contributed by atoms with Gasteiger partial charge in [0.05, 0.1) is 19.8 Å². The molecule has 2 saturated heterocycles. The Labute approximate surface area is 346 Å². The summed E-state index contributed by atoms with van der Waals surface area (Å²) < 4.78 is 33.3. The number of hydrogen-bond acceptors (Lipinski definition) is 15. The van der Waals surface area contributed by atoms with Crippen LogP contribution in [0.5, 0.6) is 0 Å². The topological polar surface area (TPSA) is 231 Å². The maximum absolute atomic E-state index is 12.8. The molecule has 2 aliphatic heterocycles. The molecule has 340 valence electrons. The van der Waals surface area contributed by atoms with Gasteiger partial charge in [-0.25, -0.2) is 0 Å². The second-order valence-electron chi connectivity index (χ2n) is 15.9. The quantitative estimate of drug-likeness (QED) is 0.0278. The van der Waals surface area contributed by atoms with E-state index in [4.69, 9.17) is 28.4 Å². The molecule has 0 aromatic heterocycles. The number of unbranched alkanes of at least 4 members (excludes halogenated alkanes) is 17. The standard InChI is InChI=1S/C43H78O15/c1-3-5-7-9-11-12-13-14-15-16-17-18-20-21-23-25-34(45)53-28-31(56-35(46)26-24-22-19-10-8-6-4-2)29-54-42-41(52)39(50)37(48)33(58-42)30-55-43-40(51)38(49)36(47)32(27-44)57-43/h9,11,31-33,36-44,47-52H,3-8,10,12-30H2,1-2H3/b11-9+/t31-,32-,33-,36+,37+,38?,39?,40?,41?,42-,43-/m1/s1. The third-order valence-corrected chi connectivity index (χ3v) is 10.7. The summed E-state index contributed by atoms with van der Waals surface area (Å²) in [5.74, 6) is -0.932. The van der Waals surface area contributed by atoms with Gasteiger partial charge in [-0.05, 0) is 32.1 Å². The van der Waals surface area contributed by atoms with Crippen molar-refractivity contribution in [3.63, 3.8) is 0 Å². The third-order valence-electron chi connectivity index (χ3n) is 10.7. The number of rotatable bonds is 33. The fraction of sp³-hybridized carbons (Fsp3) is 0.907. The van der Waals surface area contributed by atoms with Crippen molar-refractivity contribution in [1.82, 2.24) is 0 Å². The predicted molar refractivity (Wildman–Crippen MR) is 215 cm³/mol. The van der Waals surface area contributed by atoms with Crippen LogP contribution in [0.15, 0.2) is 12.2 Å². The van der Waals surface area contributed by atoms with Gasteiger partial charge in [-0.3, -0.25) is 9.59 Å². The monoisotopic (exact) mass is 835 g/mol. The van der Waals surface area contributed by atoms with Crippen molar-refractivity contribution in [2.24, 2.45) is 0 Å². The number of carbonyl (C=O) groups excluding carboxylic acids is 2. The minimum Gasteiger partial charge on any atom is -0.462 e. The zero-order valence-corrected chi connectivity index (χ0v) is 35.3. The maximum atomic E-state index is 12.8. The Bertz CT molecular complexity index is 1080. The summed E-state index contributed by atoms with van der Waals surface area (Å²) >= 11 is 0. The summed E-state index contributed by atoms with van der Waals surface area (Å²) in [4.78, 5) is 25.5. The van der Waals surface area contributed by atoms with Crippen molar-refractivity contribution in [2.45, 2.75) is 223 Å². The Balaban J connectivity index is 1.82. The van der Waals surface area contributed by atoms with E-state index in [0.717, 1.165) is 57.8 Å². The van der Waals surface area contributed by atoms with E-state index >= 15 is 0 Å². The molecule has 2 heterocycles. The molecule has 0 aliphatic carbocycles. The van der Waals surface area contributed by atoms with Gasteiger partial charge in [-0.1, -0.05) is 122 Å². The summed E-state index contributed by atoms with van der Waals surface area (Å²) in [7, 11) is 0. The van der Waals surface area contributed by atoms with E-state index in [1.54, 1.807) is 0 Å². The van der Waals surface area contributed by atoms with Crippen LogP contribution >= 0.6 is 0 Å². The molecule has 0 bridgehead atoms. The summed E-state index contributed by atoms with van der Waals surface area (Å²) in [6, 6.07) is 0. The lowest BCUT2D eigenvalue weighted by Crippen LogP contribution is -2.61. The minimum atomic E-state index is -1.76. The highest BCUT2D eigenvalue weighted by Gasteiger charge is 2.47. The van der Waals surface area contributed by atoms with Crippen LogP contribution in [0, 0.1) is 0 Å². The first-order chi connectivity index (χ1) is 28.0. The van der Waals surface area contributed by atoms with Crippen LogP contribution in [-0.2, 0) is 38.0 Å². The summed E-state index contributed by atoms with van der Waals surface area (Å²) in [6.45, 7) is 2.48. The summed E-state index contributed by atoms with van der Waals surface area (Å²) in [6.07, 6.45) is 10.0. The highest BCUT2D eigenvalue weighted by atomic mass is 16.7. The lowest BCUT2D eigenvalue weighted by Gasteiger charge is -2.42. The van der Waals surface area contributed by atoms with E-state index in [9.17, 15) is 45.3 Å². The first kappa shape index (κ1) is 52.4. The smallest absolute Gasteiger partial charge is 0.306 e. The first-order valence-corrected chi connectivity index (χ1v) is 22.3. The van der Waals surface area contributed by atoms with Gasteiger partial charge in [0.1, 0.15) is 55.4 Å². The lowest BCUT2D eigenvalue weighted by molar-refractivity contribution is -0.332. The lowest BCUT2D eigenvalue weighted by atomic mass is 9.98. The molecule has 0 amide bonds. The second-order valence-corrected chi connectivity index (χ2v) is 15.9. The van der Waals surface area contributed by atoms with E-state index in [2.05, 4.69) is 26.0 Å². The van der Waals surface area contributed by atoms with Crippen LogP contribution in [0.3, 0.4) is 0 Å². The Morgan fingerprint density at radius 3 is 1.57 bits per heavy atom. The third kappa shape index (κ3) is 21.2. The van der Waals surface area contributed by atoms with Gasteiger partial charge in [-0.15, -0.1) is 0 Å². The Kier molecular flexibility index (Phi) is 28.9. The number of carbonyl (C=O) groups is 2. The van der Waals surface area contributed by atoms with Gasteiger partial charge in [0, 0.05) is 12.8 Å². The number of aliphatic hydroxyl groups is 7. The molecule has 4 unspecified atom stereocenters. The summed E-state index contributed by atoms with van der Waals surface area (Å²) in [5.41, 5.74) is 0. The molecule has 2 rings (SSSR count). The van der Waals surface area contributed by atoms with Crippen LogP contribution in [0.1, 0.15) is 155 Å². The van der Waals surface area contributed by atoms with Crippen LogP contribution in [0.2, 0.25) is 0 Å². The van der Waals surface area contributed by atoms with Gasteiger partial charge in [0.25, 0.3) is 0 Å². The van der Waals surface area contributed by atoms with Crippen molar-refractivity contribution in [1.29, 1.82) is 0 Å². The van der Waals surface area contributed by atoms with Gasteiger partial charge in [-0.2, -0.15) is 0 Å². The zero-order chi connectivity index (χ0) is 42.5. The number of hydrogen-bond donors (Lipinski definition) is 7. The van der Waals surface area contributed by atoms with Crippen molar-refractivity contribution >= 4 is 11.9 Å². The molecule has 2 fully saturated rings. The van der Waals surface area contributed by atoms with E-state index in [0.29, 0.717) is 12.8 Å². The highest BCUT2D eigenvalue weighted by Crippen LogP contribution is 2.26. The van der Waals surface area contributed by atoms with Crippen LogP contribution in [-0.4, -0.2) is 142 Å². The van der Waals surface area contributed by atoms with Crippen molar-refractivity contribution in [3.05, 3.63) is 12.2 Å². The van der Waals surface area contributed by atoms with Gasteiger partial charge in [0.2, 0.25) is 0 Å². The van der Waals surface area contributed by atoms with Gasteiger partial charge in [0.15, 0.2) is 18.7 Å². The van der Waals surface area contributed by atoms with Gasteiger partial charge < -0.3 is 64.2 Å². The first-order valence-electron chi connectivity index (χ1n) is 22.3. The Hall–Kier alpha value is -1.76. The predicted octanol–water partition coefficient (Wildman–Crippen LogP) is 4.26. The molecule has 0 aromatic rings. The normalized spacial score (nSPS) is 28.2. The summed E-state index contributed by atoms with van der Waals surface area (Å²) in [5, 5.41) is 71.7. The number of aliphatic hydroxyl groups excluding tert-OH is 7. The van der Waals surface area contributed by atoms with E-state index in [1.807, 2.05) is 0 Å². The Morgan fingerprint density at radius 2 is 1.00 bits per heavy atom. The molecule has 2 aliphatic rings. The maximum Gasteiger partial charge on any atom is 0.306 e. The van der Waals surface area contributed by atoms with Crippen LogP contribution in [0.25, 0.3) is 0 Å². The molecular formula is C43H78O15. The van der Waals surface area contributed by atoms with E-state index in [-0.39, 0.29) is 26.1 Å². The molecule has 7 N–H and O–H groups in total. The molecule has 0 saturated carbocycles. The molecular weight excluding hydrogens is 756 g/mol. The fourth-order valence-electron chi connectivity index (χ4n) is 6.96. The average Bonchev–Trinajstić information content (AvgIpc) is 3.21.